The molecule has 0 fully saturated rings. The second-order valence-electron chi connectivity index (χ2n) is 4.52. The van der Waals surface area contributed by atoms with Crippen LogP contribution in [0, 0.1) is 0 Å². The molecule has 0 radical (unpaired) electrons. The molecule has 0 saturated carbocycles. The van der Waals surface area contributed by atoms with Crippen LogP contribution in [0.3, 0.4) is 0 Å². The van der Waals surface area contributed by atoms with Crippen molar-refractivity contribution >= 4 is 26.7 Å². The molecule has 0 spiro atoms. The lowest BCUT2D eigenvalue weighted by molar-refractivity contribution is 0.414. The first kappa shape index (κ1) is 13.7. The Bertz CT molecular complexity index is 869. The average Bonchev–Trinajstić information content (AvgIpc) is 2.53. The van der Waals surface area contributed by atoms with Crippen molar-refractivity contribution in [2.24, 2.45) is 0 Å². The predicted molar refractivity (Wildman–Crippen MR) is 85.5 cm³/mol. The van der Waals surface area contributed by atoms with E-state index in [0.29, 0.717) is 26.7 Å². The highest BCUT2D eigenvalue weighted by Gasteiger charge is 2.15. The molecule has 0 bridgehead atoms. The maximum atomic E-state index is 12.6. The molecule has 21 heavy (non-hydrogen) atoms. The molecule has 1 heterocycles. The fourth-order valence-electron chi connectivity index (χ4n) is 2.27. The van der Waals surface area contributed by atoms with Crippen molar-refractivity contribution in [3.05, 3.63) is 63.4 Å². The number of hydrogen-bond donors (Lipinski definition) is 1. The van der Waals surface area contributed by atoms with Gasteiger partial charge in [0.1, 0.15) is 5.75 Å². The lowest BCUT2D eigenvalue weighted by Gasteiger charge is -2.13. The molecule has 3 rings (SSSR count). The molecule has 0 atom stereocenters. The van der Waals surface area contributed by atoms with E-state index in [9.17, 15) is 9.90 Å². The Morgan fingerprint density at radius 2 is 1.67 bits per heavy atom. The second-order valence-corrected chi connectivity index (χ2v) is 5.31. The molecule has 0 saturated heterocycles. The number of ether oxygens (including phenoxy) is 1. The monoisotopic (exact) mass is 345 g/mol. The van der Waals surface area contributed by atoms with E-state index in [-0.39, 0.29) is 11.4 Å². The summed E-state index contributed by atoms with van der Waals surface area (Å²) in [5.41, 5.74) is 0.307. The highest BCUT2D eigenvalue weighted by atomic mass is 79.9. The van der Waals surface area contributed by atoms with Gasteiger partial charge < -0.3 is 9.84 Å². The van der Waals surface area contributed by atoms with Gasteiger partial charge in [-0.25, -0.2) is 4.57 Å². The first-order valence-electron chi connectivity index (χ1n) is 6.30. The van der Waals surface area contributed by atoms with Crippen molar-refractivity contribution in [1.82, 2.24) is 4.57 Å². The minimum atomic E-state index is -0.267. The number of methoxy groups -OCH3 is 1. The summed E-state index contributed by atoms with van der Waals surface area (Å²) in [4.78, 5) is 12.6. The highest BCUT2D eigenvalue weighted by molar-refractivity contribution is 9.10. The molecule has 1 aromatic heterocycles. The summed E-state index contributed by atoms with van der Waals surface area (Å²) < 4.78 is 6.86. The summed E-state index contributed by atoms with van der Waals surface area (Å²) in [6.45, 7) is 0. The van der Waals surface area contributed by atoms with Gasteiger partial charge in [0.2, 0.25) is 5.88 Å². The zero-order chi connectivity index (χ0) is 15.0. The lowest BCUT2D eigenvalue weighted by Crippen LogP contribution is -2.18. The summed E-state index contributed by atoms with van der Waals surface area (Å²) in [6, 6.07) is 14.1. The number of fused-ring (bicyclic) bond motifs is 1. The zero-order valence-corrected chi connectivity index (χ0v) is 12.8. The van der Waals surface area contributed by atoms with Crippen LogP contribution in [-0.2, 0) is 0 Å². The van der Waals surface area contributed by atoms with Crippen LogP contribution in [0.25, 0.3) is 16.5 Å². The number of aromatic nitrogens is 1. The molecule has 1 N–H and O–H groups in total. The summed E-state index contributed by atoms with van der Waals surface area (Å²) >= 11 is 3.36. The minimum Gasteiger partial charge on any atom is -0.497 e. The van der Waals surface area contributed by atoms with E-state index < -0.39 is 0 Å². The number of hydrogen-bond acceptors (Lipinski definition) is 3. The normalized spacial score (nSPS) is 10.8. The molecule has 106 valence electrons. The van der Waals surface area contributed by atoms with Crippen LogP contribution in [0.15, 0.2) is 57.8 Å². The van der Waals surface area contributed by atoms with E-state index in [1.807, 2.05) is 6.07 Å². The molecule has 0 unspecified atom stereocenters. The molecule has 5 heteroatoms. The minimum absolute atomic E-state index is 0.121. The lowest BCUT2D eigenvalue weighted by atomic mass is 10.1. The Hall–Kier alpha value is -2.27. The predicted octanol–water partition coefficient (Wildman–Crippen LogP) is 3.47. The van der Waals surface area contributed by atoms with Crippen molar-refractivity contribution in [3.63, 3.8) is 0 Å². The maximum absolute atomic E-state index is 12.6. The molecule has 2 aromatic carbocycles. The van der Waals surface area contributed by atoms with E-state index in [0.717, 1.165) is 0 Å². The van der Waals surface area contributed by atoms with Gasteiger partial charge in [0.25, 0.3) is 5.56 Å². The molecule has 0 aliphatic heterocycles. The van der Waals surface area contributed by atoms with E-state index >= 15 is 0 Å². The van der Waals surface area contributed by atoms with Crippen LogP contribution >= 0.6 is 15.9 Å². The first-order chi connectivity index (χ1) is 10.1. The summed E-state index contributed by atoms with van der Waals surface area (Å²) in [5.74, 6) is 0.565. The largest absolute Gasteiger partial charge is 0.497 e. The number of nitrogens with zero attached hydrogens (tertiary/aromatic N) is 1. The third-order valence-corrected chi connectivity index (χ3v) is 4.12. The third-order valence-electron chi connectivity index (χ3n) is 3.34. The molecule has 3 aromatic rings. The van der Waals surface area contributed by atoms with Gasteiger partial charge in [-0.05, 0) is 46.3 Å². The number of rotatable bonds is 2. The van der Waals surface area contributed by atoms with Gasteiger partial charge in [-0.15, -0.1) is 0 Å². The van der Waals surface area contributed by atoms with Gasteiger partial charge in [-0.2, -0.15) is 0 Å². The maximum Gasteiger partial charge on any atom is 0.265 e. The van der Waals surface area contributed by atoms with E-state index in [2.05, 4.69) is 15.9 Å². The van der Waals surface area contributed by atoms with Gasteiger partial charge in [-0.1, -0.05) is 18.2 Å². The van der Waals surface area contributed by atoms with Crippen LogP contribution in [0.4, 0.5) is 0 Å². The molecule has 4 nitrogen and oxygen atoms in total. The number of aromatic hydroxyl groups is 1. The van der Waals surface area contributed by atoms with Gasteiger partial charge in [0, 0.05) is 10.8 Å². The van der Waals surface area contributed by atoms with Crippen LogP contribution in [0.2, 0.25) is 0 Å². The Kier molecular flexibility index (Phi) is 3.43. The summed E-state index contributed by atoms with van der Waals surface area (Å²) in [5, 5.41) is 11.6. The first-order valence-corrected chi connectivity index (χ1v) is 7.09. The highest BCUT2D eigenvalue weighted by Crippen LogP contribution is 2.32. The second kappa shape index (κ2) is 5.26. The smallest absolute Gasteiger partial charge is 0.265 e. The Morgan fingerprint density at radius 3 is 2.29 bits per heavy atom. The SMILES string of the molecule is COc1ccc(-n2c(O)c(Br)c3ccccc3c2=O)cc1. The van der Waals surface area contributed by atoms with Gasteiger partial charge >= 0.3 is 0 Å². The molecular weight excluding hydrogens is 334 g/mol. The van der Waals surface area contributed by atoms with Crippen molar-refractivity contribution in [2.75, 3.05) is 7.11 Å². The molecular formula is C16H12BrNO3. The fourth-order valence-corrected chi connectivity index (χ4v) is 2.79. The number of halogens is 1. The molecule has 0 amide bonds. The van der Waals surface area contributed by atoms with Crippen LogP contribution in [-0.4, -0.2) is 16.8 Å². The number of pyridine rings is 1. The number of benzene rings is 2. The van der Waals surface area contributed by atoms with E-state index in [1.54, 1.807) is 49.6 Å². The Labute approximate surface area is 129 Å². The van der Waals surface area contributed by atoms with Crippen molar-refractivity contribution in [2.45, 2.75) is 0 Å². The molecule has 0 aliphatic carbocycles. The van der Waals surface area contributed by atoms with Gasteiger partial charge in [0.15, 0.2) is 0 Å². The van der Waals surface area contributed by atoms with E-state index in [4.69, 9.17) is 4.74 Å². The van der Waals surface area contributed by atoms with Crippen LogP contribution in [0.5, 0.6) is 11.6 Å². The fraction of sp³-hybridized carbons (Fsp3) is 0.0625. The Morgan fingerprint density at radius 1 is 1.05 bits per heavy atom. The average molecular weight is 346 g/mol. The quantitative estimate of drug-likeness (QED) is 0.773. The Balaban J connectivity index is 2.34. The molecule has 0 aliphatic rings. The third kappa shape index (κ3) is 2.19. The van der Waals surface area contributed by atoms with Crippen molar-refractivity contribution in [1.29, 1.82) is 0 Å². The summed E-state index contributed by atoms with van der Waals surface area (Å²) in [7, 11) is 1.57. The van der Waals surface area contributed by atoms with Crippen LogP contribution in [0.1, 0.15) is 0 Å². The van der Waals surface area contributed by atoms with Gasteiger partial charge in [0.05, 0.1) is 17.3 Å². The van der Waals surface area contributed by atoms with Crippen molar-refractivity contribution < 1.29 is 9.84 Å². The van der Waals surface area contributed by atoms with Crippen molar-refractivity contribution in [3.8, 4) is 17.3 Å². The van der Waals surface area contributed by atoms with E-state index in [1.165, 1.54) is 4.57 Å². The topological polar surface area (TPSA) is 51.5 Å². The summed E-state index contributed by atoms with van der Waals surface area (Å²) in [6.07, 6.45) is 0. The standard InChI is InChI=1S/C16H12BrNO3/c1-21-11-8-6-10(7-9-11)18-15(19)13-5-3-2-4-12(13)14(17)16(18)20/h2-9,20H,1H3. The van der Waals surface area contributed by atoms with Gasteiger partial charge in [-0.3, -0.25) is 4.79 Å². The zero-order valence-electron chi connectivity index (χ0n) is 11.2. The van der Waals surface area contributed by atoms with Crippen LogP contribution < -0.4 is 10.3 Å².